The molecule has 0 rings (SSSR count). The maximum absolute atomic E-state index is 9.37. The van der Waals surface area contributed by atoms with Crippen LogP contribution in [0.25, 0.3) is 0 Å². The highest BCUT2D eigenvalue weighted by atomic mass is 16.3. The van der Waals surface area contributed by atoms with Gasteiger partial charge in [0, 0.05) is 0 Å². The summed E-state index contributed by atoms with van der Waals surface area (Å²) in [6.07, 6.45) is 2.71. The molecule has 0 saturated heterocycles. The van der Waals surface area contributed by atoms with E-state index in [1.54, 1.807) is 0 Å². The minimum atomic E-state index is -0.561. The zero-order valence-corrected chi connectivity index (χ0v) is 6.52. The van der Waals surface area contributed by atoms with Crippen molar-refractivity contribution in [1.82, 2.24) is 0 Å². The normalized spacial score (nSPS) is 15.1. The summed E-state index contributed by atoms with van der Waals surface area (Å²) in [4.78, 5) is 0. The van der Waals surface area contributed by atoms with Gasteiger partial charge in [0.1, 0.15) is 0 Å². The van der Waals surface area contributed by atoms with Crippen molar-refractivity contribution in [2.75, 3.05) is 0 Å². The quantitative estimate of drug-likeness (QED) is 0.576. The summed E-state index contributed by atoms with van der Waals surface area (Å²) in [5.74, 6) is 0.301. The molecule has 1 unspecified atom stereocenters. The Hall–Kier alpha value is -0.300. The predicted molar refractivity (Wildman–Crippen MR) is 40.3 cm³/mol. The molecule has 0 aliphatic carbocycles. The van der Waals surface area contributed by atoms with Crippen molar-refractivity contribution in [2.45, 2.75) is 32.8 Å². The standard InChI is InChI=1S/C8H16O/c1-5-6-7(2)8(3,4)9/h5,7,9H,1,6H2,2-4H3. The highest BCUT2D eigenvalue weighted by molar-refractivity contribution is 4.80. The molecule has 0 saturated carbocycles. The summed E-state index contributed by atoms with van der Waals surface area (Å²) in [5, 5.41) is 9.37. The molecule has 0 amide bonds. The Labute approximate surface area is 57.4 Å². The molecule has 0 aliphatic heterocycles. The van der Waals surface area contributed by atoms with E-state index in [9.17, 15) is 5.11 Å². The lowest BCUT2D eigenvalue weighted by Gasteiger charge is -2.24. The molecule has 0 aliphatic rings. The van der Waals surface area contributed by atoms with Crippen LogP contribution in [-0.2, 0) is 0 Å². The Kier molecular flexibility index (Phi) is 2.92. The van der Waals surface area contributed by atoms with E-state index in [4.69, 9.17) is 0 Å². The van der Waals surface area contributed by atoms with E-state index in [-0.39, 0.29) is 0 Å². The first-order valence-corrected chi connectivity index (χ1v) is 3.31. The molecule has 0 bridgehead atoms. The van der Waals surface area contributed by atoms with Crippen molar-refractivity contribution in [3.8, 4) is 0 Å². The Balaban J connectivity index is 3.72. The third-order valence-electron chi connectivity index (χ3n) is 1.73. The highest BCUT2D eigenvalue weighted by Gasteiger charge is 2.20. The molecule has 1 N–H and O–H groups in total. The molecule has 1 heteroatoms. The lowest BCUT2D eigenvalue weighted by Crippen LogP contribution is -2.27. The van der Waals surface area contributed by atoms with Crippen molar-refractivity contribution in [2.24, 2.45) is 5.92 Å². The Morgan fingerprint density at radius 2 is 2.11 bits per heavy atom. The molecule has 0 heterocycles. The van der Waals surface area contributed by atoms with Gasteiger partial charge in [-0.15, -0.1) is 6.58 Å². The molecule has 0 aromatic rings. The van der Waals surface area contributed by atoms with Crippen LogP contribution in [0.2, 0.25) is 0 Å². The van der Waals surface area contributed by atoms with Gasteiger partial charge in [-0.1, -0.05) is 13.0 Å². The second-order valence-electron chi connectivity index (χ2n) is 3.08. The van der Waals surface area contributed by atoms with Crippen molar-refractivity contribution >= 4 is 0 Å². The van der Waals surface area contributed by atoms with E-state index < -0.39 is 5.60 Å². The number of allylic oxidation sites excluding steroid dienone is 1. The second-order valence-corrected chi connectivity index (χ2v) is 3.08. The van der Waals surface area contributed by atoms with Crippen molar-refractivity contribution in [3.05, 3.63) is 12.7 Å². The van der Waals surface area contributed by atoms with E-state index in [1.807, 2.05) is 26.8 Å². The minimum absolute atomic E-state index is 0.301. The van der Waals surface area contributed by atoms with Gasteiger partial charge in [-0.05, 0) is 26.2 Å². The van der Waals surface area contributed by atoms with Crippen molar-refractivity contribution in [1.29, 1.82) is 0 Å². The largest absolute Gasteiger partial charge is 0.390 e. The third kappa shape index (κ3) is 3.31. The molecular formula is C8H16O. The van der Waals surface area contributed by atoms with Crippen LogP contribution < -0.4 is 0 Å². The van der Waals surface area contributed by atoms with Crippen molar-refractivity contribution in [3.63, 3.8) is 0 Å². The zero-order chi connectivity index (χ0) is 7.49. The van der Waals surface area contributed by atoms with E-state index in [0.717, 1.165) is 6.42 Å². The monoisotopic (exact) mass is 128 g/mol. The number of hydrogen-bond donors (Lipinski definition) is 1. The smallest absolute Gasteiger partial charge is 0.0620 e. The molecule has 0 spiro atoms. The van der Waals surface area contributed by atoms with Crippen LogP contribution in [0.4, 0.5) is 0 Å². The molecule has 1 nitrogen and oxygen atoms in total. The summed E-state index contributed by atoms with van der Waals surface area (Å²) in [6, 6.07) is 0. The maximum Gasteiger partial charge on any atom is 0.0620 e. The lowest BCUT2D eigenvalue weighted by molar-refractivity contribution is 0.0262. The molecular weight excluding hydrogens is 112 g/mol. The topological polar surface area (TPSA) is 20.2 Å². The van der Waals surface area contributed by atoms with Crippen LogP contribution in [-0.4, -0.2) is 10.7 Å². The van der Waals surface area contributed by atoms with E-state index in [1.165, 1.54) is 0 Å². The van der Waals surface area contributed by atoms with Gasteiger partial charge in [0.2, 0.25) is 0 Å². The van der Waals surface area contributed by atoms with Gasteiger partial charge in [0.05, 0.1) is 5.60 Å². The van der Waals surface area contributed by atoms with E-state index in [2.05, 4.69) is 6.58 Å². The average Bonchev–Trinajstić information content (AvgIpc) is 1.64. The van der Waals surface area contributed by atoms with Gasteiger partial charge in [-0.25, -0.2) is 0 Å². The first-order chi connectivity index (χ1) is 3.98. The molecule has 0 aromatic heterocycles. The van der Waals surface area contributed by atoms with Gasteiger partial charge in [0.25, 0.3) is 0 Å². The fraction of sp³-hybridized carbons (Fsp3) is 0.750. The Morgan fingerprint density at radius 1 is 1.67 bits per heavy atom. The number of rotatable bonds is 3. The maximum atomic E-state index is 9.37. The van der Waals surface area contributed by atoms with Crippen LogP contribution in [0.15, 0.2) is 12.7 Å². The van der Waals surface area contributed by atoms with Crippen LogP contribution in [0.5, 0.6) is 0 Å². The molecule has 0 radical (unpaired) electrons. The zero-order valence-electron chi connectivity index (χ0n) is 6.52. The van der Waals surface area contributed by atoms with E-state index in [0.29, 0.717) is 5.92 Å². The van der Waals surface area contributed by atoms with Gasteiger partial charge in [-0.3, -0.25) is 0 Å². The summed E-state index contributed by atoms with van der Waals surface area (Å²) in [5.41, 5.74) is -0.561. The fourth-order valence-corrected chi connectivity index (χ4v) is 0.538. The SMILES string of the molecule is C=CCC(C)C(C)(C)O. The van der Waals surface area contributed by atoms with Gasteiger partial charge < -0.3 is 5.11 Å². The second kappa shape index (κ2) is 3.02. The minimum Gasteiger partial charge on any atom is -0.390 e. The van der Waals surface area contributed by atoms with Gasteiger partial charge in [-0.2, -0.15) is 0 Å². The van der Waals surface area contributed by atoms with Crippen LogP contribution in [0.3, 0.4) is 0 Å². The average molecular weight is 128 g/mol. The van der Waals surface area contributed by atoms with Gasteiger partial charge >= 0.3 is 0 Å². The first kappa shape index (κ1) is 8.70. The lowest BCUT2D eigenvalue weighted by atomic mass is 9.90. The van der Waals surface area contributed by atoms with Crippen molar-refractivity contribution < 1.29 is 5.11 Å². The fourth-order valence-electron chi connectivity index (χ4n) is 0.538. The molecule has 0 fully saturated rings. The third-order valence-corrected chi connectivity index (χ3v) is 1.73. The van der Waals surface area contributed by atoms with E-state index >= 15 is 0 Å². The highest BCUT2D eigenvalue weighted by Crippen LogP contribution is 2.18. The molecule has 9 heavy (non-hydrogen) atoms. The Bertz CT molecular complexity index is 89.2. The molecule has 1 atom stereocenters. The summed E-state index contributed by atoms with van der Waals surface area (Å²) in [7, 11) is 0. The molecule has 54 valence electrons. The molecule has 0 aromatic carbocycles. The Morgan fingerprint density at radius 3 is 2.22 bits per heavy atom. The van der Waals surface area contributed by atoms with Crippen LogP contribution in [0, 0.1) is 5.92 Å². The van der Waals surface area contributed by atoms with Crippen LogP contribution in [0.1, 0.15) is 27.2 Å². The van der Waals surface area contributed by atoms with Gasteiger partial charge in [0.15, 0.2) is 0 Å². The number of hydrogen-bond acceptors (Lipinski definition) is 1. The first-order valence-electron chi connectivity index (χ1n) is 3.31. The predicted octanol–water partition coefficient (Wildman–Crippen LogP) is 1.97. The summed E-state index contributed by atoms with van der Waals surface area (Å²) >= 11 is 0. The van der Waals surface area contributed by atoms with Crippen LogP contribution >= 0.6 is 0 Å². The summed E-state index contributed by atoms with van der Waals surface area (Å²) in [6.45, 7) is 9.26. The summed E-state index contributed by atoms with van der Waals surface area (Å²) < 4.78 is 0. The number of aliphatic hydroxyl groups is 1.